The lowest BCUT2D eigenvalue weighted by Gasteiger charge is -2.16. The number of aromatic nitrogens is 2. The first-order valence-electron chi connectivity index (χ1n) is 6.32. The standard InChI is InChI=1S/C14H16ClN3O2S/c1-8-7-9(2)11(4)14(10(8)3)21(19,20)18-13-6-5-12(15)16-17-13/h5-7H,1-4H3,(H,17,18). The Labute approximate surface area is 129 Å². The SMILES string of the molecule is Cc1cc(C)c(C)c(S(=O)(=O)Nc2ccc(Cl)nn2)c1C. The smallest absolute Gasteiger partial charge is 0.262 e. The third-order valence-corrected chi connectivity index (χ3v) is 5.27. The average molecular weight is 326 g/mol. The highest BCUT2D eigenvalue weighted by molar-refractivity contribution is 7.92. The fraction of sp³-hybridized carbons (Fsp3) is 0.286. The maximum Gasteiger partial charge on any atom is 0.263 e. The summed E-state index contributed by atoms with van der Waals surface area (Å²) in [6, 6.07) is 4.93. The van der Waals surface area contributed by atoms with Crippen molar-refractivity contribution in [1.82, 2.24) is 10.2 Å². The summed E-state index contributed by atoms with van der Waals surface area (Å²) in [4.78, 5) is 0.289. The van der Waals surface area contributed by atoms with Crippen LogP contribution >= 0.6 is 11.6 Å². The number of nitrogens with one attached hydrogen (secondary N) is 1. The van der Waals surface area contributed by atoms with Crippen molar-refractivity contribution in [3.8, 4) is 0 Å². The van der Waals surface area contributed by atoms with Crippen LogP contribution in [0.1, 0.15) is 22.3 Å². The number of rotatable bonds is 3. The molecule has 1 aromatic carbocycles. The summed E-state index contributed by atoms with van der Waals surface area (Å²) >= 11 is 5.64. The zero-order valence-electron chi connectivity index (χ0n) is 12.2. The molecule has 0 unspecified atom stereocenters. The van der Waals surface area contributed by atoms with Gasteiger partial charge in [-0.05, 0) is 62.1 Å². The maximum atomic E-state index is 12.6. The second kappa shape index (κ2) is 5.61. The summed E-state index contributed by atoms with van der Waals surface area (Å²) in [5, 5.41) is 7.55. The Morgan fingerprint density at radius 1 is 1.00 bits per heavy atom. The molecular weight excluding hydrogens is 310 g/mol. The van der Waals surface area contributed by atoms with E-state index < -0.39 is 10.0 Å². The molecule has 0 radical (unpaired) electrons. The topological polar surface area (TPSA) is 72.0 Å². The van der Waals surface area contributed by atoms with Crippen LogP contribution in [0.25, 0.3) is 0 Å². The van der Waals surface area contributed by atoms with Gasteiger partial charge in [-0.15, -0.1) is 10.2 Å². The lowest BCUT2D eigenvalue weighted by molar-refractivity contribution is 0.599. The van der Waals surface area contributed by atoms with E-state index in [4.69, 9.17) is 11.6 Å². The minimum absolute atomic E-state index is 0.136. The van der Waals surface area contributed by atoms with E-state index in [1.165, 1.54) is 12.1 Å². The highest BCUT2D eigenvalue weighted by atomic mass is 35.5. The van der Waals surface area contributed by atoms with Crippen molar-refractivity contribution in [3.05, 3.63) is 45.6 Å². The number of halogens is 1. The highest BCUT2D eigenvalue weighted by Crippen LogP contribution is 2.27. The van der Waals surface area contributed by atoms with Gasteiger partial charge >= 0.3 is 0 Å². The largest absolute Gasteiger partial charge is 0.263 e. The molecular formula is C14H16ClN3O2S. The zero-order valence-corrected chi connectivity index (χ0v) is 13.8. The van der Waals surface area contributed by atoms with E-state index in [0.717, 1.165) is 22.3 Å². The molecule has 112 valence electrons. The number of nitrogens with zero attached hydrogens (tertiary/aromatic N) is 2. The molecule has 21 heavy (non-hydrogen) atoms. The number of anilines is 1. The zero-order chi connectivity index (χ0) is 15.8. The van der Waals surface area contributed by atoms with Gasteiger partial charge in [-0.1, -0.05) is 17.7 Å². The van der Waals surface area contributed by atoms with Crippen LogP contribution in [0.5, 0.6) is 0 Å². The molecule has 0 aliphatic heterocycles. The first kappa shape index (κ1) is 15.7. The molecule has 0 saturated carbocycles. The first-order valence-corrected chi connectivity index (χ1v) is 8.18. The molecule has 1 heterocycles. The molecule has 1 aromatic heterocycles. The van der Waals surface area contributed by atoms with Crippen LogP contribution < -0.4 is 4.72 Å². The van der Waals surface area contributed by atoms with Gasteiger partial charge in [0.15, 0.2) is 11.0 Å². The van der Waals surface area contributed by atoms with Crippen LogP contribution in [-0.2, 0) is 10.0 Å². The van der Waals surface area contributed by atoms with Crippen LogP contribution in [0, 0.1) is 27.7 Å². The third kappa shape index (κ3) is 3.16. The predicted octanol–water partition coefficient (Wildman–Crippen LogP) is 3.16. The van der Waals surface area contributed by atoms with E-state index in [-0.39, 0.29) is 15.9 Å². The second-order valence-corrected chi connectivity index (χ2v) is 6.94. The normalized spacial score (nSPS) is 11.5. The van der Waals surface area contributed by atoms with Crippen molar-refractivity contribution in [3.63, 3.8) is 0 Å². The van der Waals surface area contributed by atoms with E-state index in [2.05, 4.69) is 14.9 Å². The Morgan fingerprint density at radius 2 is 1.57 bits per heavy atom. The third-order valence-electron chi connectivity index (χ3n) is 3.44. The highest BCUT2D eigenvalue weighted by Gasteiger charge is 2.22. The van der Waals surface area contributed by atoms with Crippen molar-refractivity contribution in [2.24, 2.45) is 0 Å². The second-order valence-electron chi connectivity index (χ2n) is 4.94. The number of aryl methyl sites for hydroxylation is 2. The van der Waals surface area contributed by atoms with Crippen molar-refractivity contribution in [2.75, 3.05) is 4.72 Å². The quantitative estimate of drug-likeness (QED) is 0.940. The van der Waals surface area contributed by atoms with E-state index in [1.54, 1.807) is 13.8 Å². The molecule has 0 fully saturated rings. The Bertz CT molecular complexity index is 761. The number of hydrogen-bond donors (Lipinski definition) is 1. The van der Waals surface area contributed by atoms with Gasteiger partial charge < -0.3 is 0 Å². The minimum atomic E-state index is -3.73. The molecule has 1 N–H and O–H groups in total. The monoisotopic (exact) mass is 325 g/mol. The maximum absolute atomic E-state index is 12.6. The van der Waals surface area contributed by atoms with E-state index in [0.29, 0.717) is 0 Å². The van der Waals surface area contributed by atoms with E-state index >= 15 is 0 Å². The lowest BCUT2D eigenvalue weighted by atomic mass is 10.0. The van der Waals surface area contributed by atoms with E-state index in [9.17, 15) is 8.42 Å². The molecule has 2 rings (SSSR count). The van der Waals surface area contributed by atoms with Crippen LogP contribution in [0.15, 0.2) is 23.1 Å². The molecule has 0 aliphatic rings. The molecule has 0 amide bonds. The van der Waals surface area contributed by atoms with Gasteiger partial charge in [0.2, 0.25) is 0 Å². The Hall–Kier alpha value is -1.66. The van der Waals surface area contributed by atoms with Gasteiger partial charge in [-0.3, -0.25) is 4.72 Å². The van der Waals surface area contributed by atoms with Crippen LogP contribution in [0.4, 0.5) is 5.82 Å². The summed E-state index contributed by atoms with van der Waals surface area (Å²) in [7, 11) is -3.73. The van der Waals surface area contributed by atoms with Crippen molar-refractivity contribution in [1.29, 1.82) is 0 Å². The van der Waals surface area contributed by atoms with Gasteiger partial charge in [0.25, 0.3) is 10.0 Å². The number of sulfonamides is 1. The molecule has 7 heteroatoms. The molecule has 0 saturated heterocycles. The summed E-state index contributed by atoms with van der Waals surface area (Å²) in [5.41, 5.74) is 3.32. The fourth-order valence-corrected chi connectivity index (χ4v) is 3.86. The summed E-state index contributed by atoms with van der Waals surface area (Å²) < 4.78 is 27.7. The van der Waals surface area contributed by atoms with Crippen LogP contribution in [0.3, 0.4) is 0 Å². The summed E-state index contributed by atoms with van der Waals surface area (Å²) in [5.74, 6) is 0.136. The molecule has 0 aliphatic carbocycles. The average Bonchev–Trinajstić information content (AvgIpc) is 2.39. The molecule has 0 bridgehead atoms. The van der Waals surface area contributed by atoms with Gasteiger partial charge in [0.05, 0.1) is 4.90 Å². The molecule has 0 spiro atoms. The Balaban J connectivity index is 2.52. The van der Waals surface area contributed by atoms with Gasteiger partial charge in [0.1, 0.15) is 0 Å². The minimum Gasteiger partial charge on any atom is -0.262 e. The molecule has 5 nitrogen and oxygen atoms in total. The van der Waals surface area contributed by atoms with Gasteiger partial charge in [-0.25, -0.2) is 8.42 Å². The van der Waals surface area contributed by atoms with Gasteiger partial charge in [-0.2, -0.15) is 0 Å². The molecule has 0 atom stereocenters. The van der Waals surface area contributed by atoms with E-state index in [1.807, 2.05) is 19.9 Å². The van der Waals surface area contributed by atoms with Crippen molar-refractivity contribution >= 4 is 27.4 Å². The lowest BCUT2D eigenvalue weighted by Crippen LogP contribution is -2.18. The van der Waals surface area contributed by atoms with Crippen molar-refractivity contribution < 1.29 is 8.42 Å². The first-order chi connectivity index (χ1) is 9.72. The Kier molecular flexibility index (Phi) is 4.20. The molecule has 2 aromatic rings. The number of benzene rings is 1. The summed E-state index contributed by atoms with van der Waals surface area (Å²) in [6.45, 7) is 7.37. The van der Waals surface area contributed by atoms with Gasteiger partial charge in [0, 0.05) is 0 Å². The predicted molar refractivity (Wildman–Crippen MR) is 83.2 cm³/mol. The van der Waals surface area contributed by atoms with Crippen molar-refractivity contribution in [2.45, 2.75) is 32.6 Å². The number of hydrogen-bond acceptors (Lipinski definition) is 4. The Morgan fingerprint density at radius 3 is 2.05 bits per heavy atom. The fourth-order valence-electron chi connectivity index (χ4n) is 2.14. The van der Waals surface area contributed by atoms with Crippen LogP contribution in [-0.4, -0.2) is 18.6 Å². The summed E-state index contributed by atoms with van der Waals surface area (Å²) in [6.07, 6.45) is 0. The van der Waals surface area contributed by atoms with Crippen LogP contribution in [0.2, 0.25) is 5.15 Å².